The molecular formula is C21H21F3N2O3. The molecule has 0 unspecified atom stereocenters. The fourth-order valence-electron chi connectivity index (χ4n) is 3.28. The average molecular weight is 406 g/mol. The van der Waals surface area contributed by atoms with Gasteiger partial charge in [0.2, 0.25) is 11.8 Å². The molecule has 1 saturated heterocycles. The monoisotopic (exact) mass is 406 g/mol. The van der Waals surface area contributed by atoms with Crippen LogP contribution in [0.2, 0.25) is 0 Å². The largest absolute Gasteiger partial charge is 0.497 e. The third-order valence-corrected chi connectivity index (χ3v) is 4.88. The van der Waals surface area contributed by atoms with Crippen LogP contribution < -0.4 is 15.0 Å². The summed E-state index contributed by atoms with van der Waals surface area (Å²) in [4.78, 5) is 26.2. The van der Waals surface area contributed by atoms with Gasteiger partial charge in [0.25, 0.3) is 0 Å². The van der Waals surface area contributed by atoms with Crippen LogP contribution in [-0.2, 0) is 22.2 Å². The highest BCUT2D eigenvalue weighted by atomic mass is 19.4. The molecule has 1 heterocycles. The van der Waals surface area contributed by atoms with Gasteiger partial charge in [-0.2, -0.15) is 13.2 Å². The maximum absolute atomic E-state index is 12.9. The summed E-state index contributed by atoms with van der Waals surface area (Å²) in [6, 6.07) is 12.0. The van der Waals surface area contributed by atoms with Crippen molar-refractivity contribution < 1.29 is 27.5 Å². The summed E-state index contributed by atoms with van der Waals surface area (Å²) in [5.41, 5.74) is 0.336. The Balaban J connectivity index is 1.57. The van der Waals surface area contributed by atoms with Gasteiger partial charge in [-0.15, -0.1) is 0 Å². The topological polar surface area (TPSA) is 58.6 Å². The Bertz CT molecular complexity index is 881. The van der Waals surface area contributed by atoms with Crippen molar-refractivity contribution in [1.29, 1.82) is 0 Å². The smallest absolute Gasteiger partial charge is 0.416 e. The van der Waals surface area contributed by atoms with Crippen LogP contribution in [0.25, 0.3) is 0 Å². The zero-order valence-corrected chi connectivity index (χ0v) is 15.8. The lowest BCUT2D eigenvalue weighted by molar-refractivity contribution is -0.138. The predicted molar refractivity (Wildman–Crippen MR) is 102 cm³/mol. The summed E-state index contributed by atoms with van der Waals surface area (Å²) in [5, 5.41) is 2.74. The number of rotatable bonds is 6. The Hall–Kier alpha value is -3.03. The molecule has 1 N–H and O–H groups in total. The van der Waals surface area contributed by atoms with Gasteiger partial charge in [-0.25, -0.2) is 0 Å². The Morgan fingerprint density at radius 3 is 2.59 bits per heavy atom. The molecule has 29 heavy (non-hydrogen) atoms. The molecule has 2 aromatic rings. The zero-order valence-electron chi connectivity index (χ0n) is 15.8. The molecule has 1 fully saturated rings. The van der Waals surface area contributed by atoms with Crippen LogP contribution >= 0.6 is 0 Å². The Morgan fingerprint density at radius 2 is 1.93 bits per heavy atom. The molecule has 1 atom stereocenters. The van der Waals surface area contributed by atoms with Gasteiger partial charge in [0.15, 0.2) is 0 Å². The van der Waals surface area contributed by atoms with E-state index >= 15 is 0 Å². The third-order valence-electron chi connectivity index (χ3n) is 4.88. The number of nitrogens with one attached hydrogen (secondary N) is 1. The third kappa shape index (κ3) is 4.88. The van der Waals surface area contributed by atoms with Crippen LogP contribution in [0.15, 0.2) is 48.5 Å². The predicted octanol–water partition coefficient (Wildman–Crippen LogP) is 3.43. The van der Waals surface area contributed by atoms with E-state index in [4.69, 9.17) is 4.74 Å². The van der Waals surface area contributed by atoms with E-state index in [1.165, 1.54) is 17.0 Å². The van der Waals surface area contributed by atoms with E-state index in [1.54, 1.807) is 7.11 Å². The molecule has 2 aromatic carbocycles. The van der Waals surface area contributed by atoms with E-state index in [1.807, 2.05) is 24.3 Å². The van der Waals surface area contributed by atoms with Gasteiger partial charge in [-0.1, -0.05) is 18.2 Å². The number of carbonyl (C=O) groups excluding carboxylic acids is 2. The van der Waals surface area contributed by atoms with Crippen molar-refractivity contribution in [2.75, 3.05) is 25.1 Å². The summed E-state index contributed by atoms with van der Waals surface area (Å²) in [6.07, 6.45) is -3.63. The highest BCUT2D eigenvalue weighted by Gasteiger charge is 2.38. The van der Waals surface area contributed by atoms with Crippen molar-refractivity contribution >= 4 is 17.5 Å². The Kier molecular flexibility index (Phi) is 6.10. The summed E-state index contributed by atoms with van der Waals surface area (Å²) >= 11 is 0. The standard InChI is InChI=1S/C21H21F3N2O3/c1-29-17-7-5-14(6-8-17)9-11-25-19(27)18-10-12-26(20(18)28)16-4-2-3-15(13-16)21(22,23)24/h2-8,13,18H,9-12H2,1H3,(H,25,27)/t18-/m1/s1. The second-order valence-corrected chi connectivity index (χ2v) is 6.77. The number of hydrogen-bond acceptors (Lipinski definition) is 3. The van der Waals surface area contributed by atoms with E-state index in [2.05, 4.69) is 5.32 Å². The normalized spacial score (nSPS) is 16.8. The van der Waals surface area contributed by atoms with Crippen molar-refractivity contribution in [3.63, 3.8) is 0 Å². The van der Waals surface area contributed by atoms with E-state index < -0.39 is 29.5 Å². The number of alkyl halides is 3. The van der Waals surface area contributed by atoms with Gasteiger partial charge in [0.1, 0.15) is 11.7 Å². The first-order valence-corrected chi connectivity index (χ1v) is 9.19. The molecule has 0 radical (unpaired) electrons. The maximum Gasteiger partial charge on any atom is 0.416 e. The number of anilines is 1. The number of carbonyl (C=O) groups is 2. The average Bonchev–Trinajstić information content (AvgIpc) is 3.09. The van der Waals surface area contributed by atoms with Crippen molar-refractivity contribution in [3.8, 4) is 5.75 Å². The van der Waals surface area contributed by atoms with Crippen LogP contribution in [-0.4, -0.2) is 32.0 Å². The summed E-state index contributed by atoms with van der Waals surface area (Å²) in [6.45, 7) is 0.565. The summed E-state index contributed by atoms with van der Waals surface area (Å²) < 4.78 is 43.8. The SMILES string of the molecule is COc1ccc(CCNC(=O)[C@H]2CCN(c3cccc(C(F)(F)F)c3)C2=O)cc1. The Labute approximate surface area is 166 Å². The van der Waals surface area contributed by atoms with Crippen molar-refractivity contribution in [1.82, 2.24) is 5.32 Å². The number of nitrogens with zero attached hydrogens (tertiary/aromatic N) is 1. The molecule has 0 spiro atoms. The maximum atomic E-state index is 12.9. The molecule has 0 bridgehead atoms. The molecule has 8 heteroatoms. The highest BCUT2D eigenvalue weighted by Crippen LogP contribution is 2.33. The first-order chi connectivity index (χ1) is 13.8. The zero-order chi connectivity index (χ0) is 21.0. The van der Waals surface area contributed by atoms with Crippen LogP contribution in [0, 0.1) is 5.92 Å². The van der Waals surface area contributed by atoms with Crippen LogP contribution in [0.1, 0.15) is 17.5 Å². The number of amides is 2. The molecule has 154 valence electrons. The second kappa shape index (κ2) is 8.55. The molecule has 0 aromatic heterocycles. The quantitative estimate of drug-likeness (QED) is 0.748. The summed E-state index contributed by atoms with van der Waals surface area (Å²) in [5.74, 6) is -1.03. The van der Waals surface area contributed by atoms with Gasteiger partial charge in [0, 0.05) is 18.8 Å². The van der Waals surface area contributed by atoms with Crippen molar-refractivity contribution in [2.24, 2.45) is 5.92 Å². The lowest BCUT2D eigenvalue weighted by Gasteiger charge is -2.18. The van der Waals surface area contributed by atoms with Gasteiger partial charge in [-0.05, 0) is 48.7 Å². The van der Waals surface area contributed by atoms with Crippen LogP contribution in [0.4, 0.5) is 18.9 Å². The minimum absolute atomic E-state index is 0.151. The summed E-state index contributed by atoms with van der Waals surface area (Å²) in [7, 11) is 1.58. The number of halogens is 3. The lowest BCUT2D eigenvalue weighted by Crippen LogP contribution is -2.37. The Morgan fingerprint density at radius 1 is 1.21 bits per heavy atom. The lowest BCUT2D eigenvalue weighted by atomic mass is 10.1. The molecule has 5 nitrogen and oxygen atoms in total. The molecular weight excluding hydrogens is 385 g/mol. The van der Waals surface area contributed by atoms with Crippen LogP contribution in [0.3, 0.4) is 0 Å². The van der Waals surface area contributed by atoms with Crippen molar-refractivity contribution in [3.05, 3.63) is 59.7 Å². The minimum atomic E-state index is -4.49. The highest BCUT2D eigenvalue weighted by molar-refractivity contribution is 6.09. The molecule has 1 aliphatic rings. The van der Waals surface area contributed by atoms with E-state index in [-0.39, 0.29) is 18.7 Å². The molecule has 0 aliphatic carbocycles. The van der Waals surface area contributed by atoms with E-state index in [0.29, 0.717) is 13.0 Å². The van der Waals surface area contributed by atoms with Gasteiger partial charge < -0.3 is 15.0 Å². The molecule has 0 saturated carbocycles. The van der Waals surface area contributed by atoms with Gasteiger partial charge >= 0.3 is 6.18 Å². The number of ether oxygens (including phenoxy) is 1. The number of benzene rings is 2. The molecule has 2 amide bonds. The number of methoxy groups -OCH3 is 1. The molecule has 1 aliphatic heterocycles. The van der Waals surface area contributed by atoms with Gasteiger partial charge in [-0.3, -0.25) is 9.59 Å². The first kappa shape index (κ1) is 20.7. The minimum Gasteiger partial charge on any atom is -0.497 e. The van der Waals surface area contributed by atoms with Crippen molar-refractivity contribution in [2.45, 2.75) is 19.0 Å². The fourth-order valence-corrected chi connectivity index (χ4v) is 3.28. The van der Waals surface area contributed by atoms with Gasteiger partial charge in [0.05, 0.1) is 12.7 Å². The molecule has 3 rings (SSSR count). The van der Waals surface area contributed by atoms with Crippen LogP contribution in [0.5, 0.6) is 5.75 Å². The van der Waals surface area contributed by atoms with E-state index in [0.717, 1.165) is 23.4 Å². The second-order valence-electron chi connectivity index (χ2n) is 6.77. The fraction of sp³-hybridized carbons (Fsp3) is 0.333. The first-order valence-electron chi connectivity index (χ1n) is 9.19. The number of hydrogen-bond donors (Lipinski definition) is 1. The van der Waals surface area contributed by atoms with E-state index in [9.17, 15) is 22.8 Å².